The SMILES string of the molecule is c1ccc(-c2ccc(C3[N-]C(n4c5ccccc5c5c6c(ccc54)c4ccccc4c4sc5ccccc5c46)=Nc4c3sc3ccccc43)cc2)cc1. The van der Waals surface area contributed by atoms with Crippen molar-refractivity contribution in [1.29, 1.82) is 0 Å². The summed E-state index contributed by atoms with van der Waals surface area (Å²) in [6.45, 7) is 0. The van der Waals surface area contributed by atoms with Crippen molar-refractivity contribution in [3.05, 3.63) is 180 Å². The highest BCUT2D eigenvalue weighted by atomic mass is 32.1. The monoisotopic (exact) mass is 710 g/mol. The van der Waals surface area contributed by atoms with Crippen LogP contribution in [0.3, 0.4) is 0 Å². The van der Waals surface area contributed by atoms with E-state index >= 15 is 0 Å². The van der Waals surface area contributed by atoms with Gasteiger partial charge in [0.15, 0.2) is 0 Å². The Bertz CT molecular complexity index is 3310. The third-order valence-electron chi connectivity index (χ3n) is 11.0. The topological polar surface area (TPSA) is 31.4 Å². The molecule has 5 heteroatoms. The van der Waals surface area contributed by atoms with Crippen molar-refractivity contribution in [2.24, 2.45) is 4.99 Å². The maximum Gasteiger partial charge on any atom is 0.0526 e. The molecule has 3 aromatic heterocycles. The van der Waals surface area contributed by atoms with Crippen LogP contribution in [0.4, 0.5) is 5.69 Å². The van der Waals surface area contributed by atoms with Gasteiger partial charge in [-0.2, -0.15) is 0 Å². The van der Waals surface area contributed by atoms with Gasteiger partial charge in [-0.15, -0.1) is 22.7 Å². The largest absolute Gasteiger partial charge is 0.380 e. The number of hydrogen-bond acceptors (Lipinski definition) is 3. The van der Waals surface area contributed by atoms with E-state index < -0.39 is 0 Å². The fourth-order valence-corrected chi connectivity index (χ4v) is 11.1. The van der Waals surface area contributed by atoms with E-state index in [1.54, 1.807) is 0 Å². The van der Waals surface area contributed by atoms with Gasteiger partial charge in [0.2, 0.25) is 0 Å². The van der Waals surface area contributed by atoms with Crippen molar-refractivity contribution < 1.29 is 0 Å². The predicted octanol–water partition coefficient (Wildman–Crippen LogP) is 14.4. The number of rotatable bonds is 2. The maximum absolute atomic E-state index is 5.59. The van der Waals surface area contributed by atoms with Gasteiger partial charge in [-0.3, -0.25) is 0 Å². The zero-order chi connectivity index (χ0) is 34.6. The van der Waals surface area contributed by atoms with Crippen LogP contribution in [0.1, 0.15) is 16.5 Å². The Morgan fingerprint density at radius 2 is 1.09 bits per heavy atom. The van der Waals surface area contributed by atoms with Crippen molar-refractivity contribution in [2.45, 2.75) is 6.04 Å². The highest BCUT2D eigenvalue weighted by molar-refractivity contribution is 7.27. The standard InChI is InChI=1S/C48H28N3S2/c1-2-12-28(13-3-1)29-22-24-30(25-23-29)44-47-45(36-18-8-11-21-40(36)53-47)50-48(49-44)51-37-19-9-6-16-34(37)41-38(51)27-26-32-31-14-4-5-15-33(31)46-43(42(32)41)35-17-7-10-20-39(35)52-46/h1-27,44H/q-1. The molecule has 0 saturated heterocycles. The summed E-state index contributed by atoms with van der Waals surface area (Å²) in [7, 11) is 0. The first-order valence-electron chi connectivity index (χ1n) is 17.9. The van der Waals surface area contributed by atoms with Gasteiger partial charge in [-0.25, -0.2) is 0 Å². The van der Waals surface area contributed by atoms with E-state index in [0.29, 0.717) is 0 Å². The van der Waals surface area contributed by atoms with E-state index in [0.717, 1.165) is 28.2 Å². The molecule has 0 spiro atoms. The molecular weight excluding hydrogens is 683 g/mol. The summed E-state index contributed by atoms with van der Waals surface area (Å²) >= 11 is 3.71. The van der Waals surface area contributed by atoms with Crippen LogP contribution in [-0.4, -0.2) is 10.5 Å². The summed E-state index contributed by atoms with van der Waals surface area (Å²) in [5, 5.41) is 17.0. The molecule has 3 nitrogen and oxygen atoms in total. The molecule has 0 saturated carbocycles. The van der Waals surface area contributed by atoms with Gasteiger partial charge in [0.05, 0.1) is 6.04 Å². The number of aromatic nitrogens is 1. The van der Waals surface area contributed by atoms with Crippen molar-refractivity contribution in [1.82, 2.24) is 4.57 Å². The molecule has 1 atom stereocenters. The lowest BCUT2D eigenvalue weighted by Crippen LogP contribution is -2.17. The van der Waals surface area contributed by atoms with Crippen LogP contribution < -0.4 is 0 Å². The summed E-state index contributed by atoms with van der Waals surface area (Å²) < 4.78 is 6.20. The Morgan fingerprint density at radius 1 is 0.453 bits per heavy atom. The Hall–Kier alpha value is -6.27. The lowest BCUT2D eigenvalue weighted by atomic mass is 9.94. The van der Waals surface area contributed by atoms with E-state index in [9.17, 15) is 0 Å². The number of para-hydroxylation sites is 1. The van der Waals surface area contributed by atoms with Gasteiger partial charge in [0.25, 0.3) is 0 Å². The molecule has 1 aliphatic heterocycles. The van der Waals surface area contributed by atoms with Crippen molar-refractivity contribution in [3.63, 3.8) is 0 Å². The molecule has 0 radical (unpaired) electrons. The molecule has 0 aliphatic carbocycles. The number of benzene rings is 8. The zero-order valence-corrected chi connectivity index (χ0v) is 30.0. The minimum atomic E-state index is -0.187. The first-order valence-corrected chi connectivity index (χ1v) is 19.6. The third kappa shape index (κ3) is 4.17. The molecule has 4 heterocycles. The number of aliphatic imine (C=N–C) groups is 1. The lowest BCUT2D eigenvalue weighted by molar-refractivity contribution is 0.993. The van der Waals surface area contributed by atoms with Crippen LogP contribution in [0.25, 0.3) is 90.1 Å². The van der Waals surface area contributed by atoms with Crippen LogP contribution in [0, 0.1) is 0 Å². The van der Waals surface area contributed by atoms with Crippen LogP contribution in [0.2, 0.25) is 0 Å². The van der Waals surface area contributed by atoms with E-state index in [1.165, 1.54) is 78.6 Å². The average molecular weight is 711 g/mol. The minimum absolute atomic E-state index is 0.187. The highest BCUT2D eigenvalue weighted by Gasteiger charge is 2.26. The molecule has 0 N–H and O–H groups in total. The number of thiophene rings is 2. The smallest absolute Gasteiger partial charge is 0.0526 e. The summed E-state index contributed by atoms with van der Waals surface area (Å²) in [5.74, 6) is 0.718. The Labute approximate surface area is 312 Å². The molecular formula is C48H28N3S2-. The summed E-state index contributed by atoms with van der Waals surface area (Å²) in [4.78, 5) is 6.66. The first-order chi connectivity index (χ1) is 26.3. The zero-order valence-electron chi connectivity index (χ0n) is 28.3. The van der Waals surface area contributed by atoms with E-state index in [1.807, 2.05) is 22.7 Å². The van der Waals surface area contributed by atoms with Crippen LogP contribution in [0.15, 0.2) is 169 Å². The molecule has 1 unspecified atom stereocenters. The fraction of sp³-hybridized carbons (Fsp3) is 0.0208. The van der Waals surface area contributed by atoms with Crippen molar-refractivity contribution >= 4 is 108 Å². The Balaban J connectivity index is 1.15. The van der Waals surface area contributed by atoms with E-state index in [4.69, 9.17) is 10.3 Å². The molecule has 0 amide bonds. The number of fused-ring (bicyclic) bond motifs is 15. The molecule has 248 valence electrons. The summed E-state index contributed by atoms with van der Waals surface area (Å²) in [6.07, 6.45) is 0. The van der Waals surface area contributed by atoms with Crippen molar-refractivity contribution in [2.75, 3.05) is 0 Å². The number of hydrogen-bond donors (Lipinski definition) is 0. The molecule has 53 heavy (non-hydrogen) atoms. The molecule has 11 aromatic rings. The van der Waals surface area contributed by atoms with Crippen LogP contribution in [-0.2, 0) is 0 Å². The van der Waals surface area contributed by atoms with Gasteiger partial charge in [-0.1, -0.05) is 152 Å². The van der Waals surface area contributed by atoms with Gasteiger partial charge in [0.1, 0.15) is 0 Å². The van der Waals surface area contributed by atoms with Gasteiger partial charge < -0.3 is 14.9 Å². The predicted molar refractivity (Wildman–Crippen MR) is 229 cm³/mol. The summed E-state index contributed by atoms with van der Waals surface area (Å²) in [5.41, 5.74) is 6.83. The normalized spacial score (nSPS) is 14.5. The molecule has 12 rings (SSSR count). The lowest BCUT2D eigenvalue weighted by Gasteiger charge is -2.33. The molecule has 0 bridgehead atoms. The van der Waals surface area contributed by atoms with E-state index in [2.05, 4.69) is 168 Å². The number of nitrogens with zero attached hydrogens (tertiary/aromatic N) is 3. The maximum atomic E-state index is 5.59. The second kappa shape index (κ2) is 11.1. The molecule has 0 fully saturated rings. The van der Waals surface area contributed by atoms with Crippen LogP contribution >= 0.6 is 22.7 Å². The molecule has 8 aromatic carbocycles. The average Bonchev–Trinajstić information content (AvgIpc) is 3.91. The van der Waals surface area contributed by atoms with Gasteiger partial charge in [-0.05, 0) is 56.0 Å². The van der Waals surface area contributed by atoms with Gasteiger partial charge >= 0.3 is 0 Å². The van der Waals surface area contributed by atoms with Gasteiger partial charge in [0, 0.05) is 62.9 Å². The van der Waals surface area contributed by atoms with E-state index in [-0.39, 0.29) is 6.04 Å². The quantitative estimate of drug-likeness (QED) is 0.160. The Kier molecular flexibility index (Phi) is 6.15. The fourth-order valence-electron chi connectivity index (χ4n) is 8.64. The second-order valence-corrected chi connectivity index (χ2v) is 16.0. The second-order valence-electron chi connectivity index (χ2n) is 13.8. The first kappa shape index (κ1) is 29.3. The minimum Gasteiger partial charge on any atom is -0.380 e. The van der Waals surface area contributed by atoms with Crippen LogP contribution in [0.5, 0.6) is 0 Å². The Morgan fingerprint density at radius 3 is 1.91 bits per heavy atom. The molecule has 1 aliphatic rings. The third-order valence-corrected chi connectivity index (χ3v) is 13.4. The summed E-state index contributed by atoms with van der Waals surface area (Å²) in [6, 6.07) is 59.2. The van der Waals surface area contributed by atoms with Crippen molar-refractivity contribution in [3.8, 4) is 11.1 Å². The highest BCUT2D eigenvalue weighted by Crippen LogP contribution is 2.52.